The van der Waals surface area contributed by atoms with Gasteiger partial charge in [-0.05, 0) is 32.1 Å². The van der Waals surface area contributed by atoms with E-state index in [1.165, 1.54) is 0 Å². The van der Waals surface area contributed by atoms with Crippen LogP contribution in [0.25, 0.3) is 0 Å². The zero-order chi connectivity index (χ0) is 15.1. The van der Waals surface area contributed by atoms with Gasteiger partial charge in [0.2, 0.25) is 0 Å². The van der Waals surface area contributed by atoms with Gasteiger partial charge in [-0.2, -0.15) is 0 Å². The fourth-order valence-corrected chi connectivity index (χ4v) is 3.20. The average Bonchev–Trinajstić information content (AvgIpc) is 2.97. The molecule has 0 bridgehead atoms. The van der Waals surface area contributed by atoms with Gasteiger partial charge in [0.1, 0.15) is 0 Å². The van der Waals surface area contributed by atoms with Gasteiger partial charge < -0.3 is 15.7 Å². The number of nitrogens with one attached hydrogen (secondary N) is 2. The van der Waals surface area contributed by atoms with E-state index in [9.17, 15) is 9.59 Å². The standard InChI is InChI=1S/C14H21N3O3S/c18-13(19)10-3-5-11(6-4-10)17-14(20)16-7-1-2-12-15-8-9-21-12/h8-11H,1-7H2,(H,18,19)(H2,16,17,20). The first-order chi connectivity index (χ1) is 10.1. The minimum absolute atomic E-state index is 0.0968. The van der Waals surface area contributed by atoms with Gasteiger partial charge in [0, 0.05) is 30.6 Å². The molecule has 0 aromatic carbocycles. The molecule has 7 heteroatoms. The first kappa shape index (κ1) is 15.8. The van der Waals surface area contributed by atoms with Crippen molar-refractivity contribution in [2.75, 3.05) is 6.54 Å². The molecular weight excluding hydrogens is 290 g/mol. The molecule has 1 aromatic rings. The summed E-state index contributed by atoms with van der Waals surface area (Å²) in [6.07, 6.45) is 6.30. The van der Waals surface area contributed by atoms with Crippen LogP contribution in [-0.2, 0) is 11.2 Å². The van der Waals surface area contributed by atoms with Crippen molar-refractivity contribution in [1.29, 1.82) is 0 Å². The molecule has 0 saturated heterocycles. The summed E-state index contributed by atoms with van der Waals surface area (Å²) in [5.41, 5.74) is 0. The number of carbonyl (C=O) groups is 2. The van der Waals surface area contributed by atoms with Gasteiger partial charge >= 0.3 is 12.0 Å². The van der Waals surface area contributed by atoms with Crippen LogP contribution in [0.1, 0.15) is 37.1 Å². The summed E-state index contributed by atoms with van der Waals surface area (Å²) < 4.78 is 0. The number of urea groups is 1. The molecule has 0 unspecified atom stereocenters. The van der Waals surface area contributed by atoms with E-state index in [-0.39, 0.29) is 18.0 Å². The Morgan fingerprint density at radius 3 is 2.71 bits per heavy atom. The van der Waals surface area contributed by atoms with Crippen molar-refractivity contribution in [1.82, 2.24) is 15.6 Å². The van der Waals surface area contributed by atoms with E-state index in [1.54, 1.807) is 17.5 Å². The van der Waals surface area contributed by atoms with Gasteiger partial charge in [-0.15, -0.1) is 11.3 Å². The molecule has 0 atom stereocenters. The van der Waals surface area contributed by atoms with Crippen molar-refractivity contribution in [3.05, 3.63) is 16.6 Å². The van der Waals surface area contributed by atoms with E-state index in [4.69, 9.17) is 5.11 Å². The number of carboxylic acids is 1. The van der Waals surface area contributed by atoms with E-state index in [1.807, 2.05) is 5.38 Å². The van der Waals surface area contributed by atoms with Crippen molar-refractivity contribution in [3.63, 3.8) is 0 Å². The van der Waals surface area contributed by atoms with E-state index >= 15 is 0 Å². The van der Waals surface area contributed by atoms with Crippen molar-refractivity contribution in [2.45, 2.75) is 44.6 Å². The molecule has 2 rings (SSSR count). The van der Waals surface area contributed by atoms with Gasteiger partial charge in [0.15, 0.2) is 0 Å². The number of hydrogen-bond donors (Lipinski definition) is 3. The molecule has 0 aliphatic heterocycles. The quantitative estimate of drug-likeness (QED) is 0.701. The Hall–Kier alpha value is -1.63. The van der Waals surface area contributed by atoms with E-state index in [0.29, 0.717) is 19.4 Å². The Bertz CT molecular complexity index is 456. The number of hydrogen-bond acceptors (Lipinski definition) is 4. The summed E-state index contributed by atoms with van der Waals surface area (Å²) in [5, 5.41) is 17.7. The zero-order valence-electron chi connectivity index (χ0n) is 11.9. The molecule has 1 saturated carbocycles. The molecule has 0 radical (unpaired) electrons. The number of nitrogens with zero attached hydrogens (tertiary/aromatic N) is 1. The fraction of sp³-hybridized carbons (Fsp3) is 0.643. The molecule has 1 fully saturated rings. The molecule has 116 valence electrons. The highest BCUT2D eigenvalue weighted by Gasteiger charge is 2.26. The lowest BCUT2D eigenvalue weighted by Gasteiger charge is -2.26. The number of carbonyl (C=O) groups excluding carboxylic acids is 1. The maximum atomic E-state index is 11.7. The van der Waals surface area contributed by atoms with Crippen molar-refractivity contribution in [2.24, 2.45) is 5.92 Å². The molecular formula is C14H21N3O3S. The maximum absolute atomic E-state index is 11.7. The van der Waals surface area contributed by atoms with Crippen molar-refractivity contribution >= 4 is 23.3 Å². The lowest BCUT2D eigenvalue weighted by atomic mass is 9.86. The van der Waals surface area contributed by atoms with E-state index in [0.717, 1.165) is 30.7 Å². The topological polar surface area (TPSA) is 91.3 Å². The summed E-state index contributed by atoms with van der Waals surface area (Å²) in [7, 11) is 0. The second kappa shape index (κ2) is 7.97. The van der Waals surface area contributed by atoms with Crippen LogP contribution in [-0.4, -0.2) is 34.7 Å². The summed E-state index contributed by atoms with van der Waals surface area (Å²) in [6.45, 7) is 0.621. The summed E-state index contributed by atoms with van der Waals surface area (Å²) in [4.78, 5) is 26.8. The largest absolute Gasteiger partial charge is 0.481 e. The second-order valence-corrected chi connectivity index (χ2v) is 6.30. The fourth-order valence-electron chi connectivity index (χ4n) is 2.54. The van der Waals surface area contributed by atoms with Crippen LogP contribution in [0.15, 0.2) is 11.6 Å². The number of rotatable bonds is 6. The summed E-state index contributed by atoms with van der Waals surface area (Å²) in [6, 6.07) is -0.0625. The van der Waals surface area contributed by atoms with Crippen LogP contribution >= 0.6 is 11.3 Å². The summed E-state index contributed by atoms with van der Waals surface area (Å²) >= 11 is 1.63. The van der Waals surface area contributed by atoms with Crippen LogP contribution in [0.3, 0.4) is 0 Å². The Morgan fingerprint density at radius 1 is 1.33 bits per heavy atom. The number of amides is 2. The molecule has 1 aliphatic carbocycles. The van der Waals surface area contributed by atoms with E-state index < -0.39 is 5.97 Å². The third-order valence-corrected chi connectivity index (χ3v) is 4.59. The first-order valence-electron chi connectivity index (χ1n) is 7.30. The third-order valence-electron chi connectivity index (χ3n) is 3.75. The lowest BCUT2D eigenvalue weighted by Crippen LogP contribution is -2.44. The Labute approximate surface area is 128 Å². The van der Waals surface area contributed by atoms with Crippen molar-refractivity contribution in [3.8, 4) is 0 Å². The molecule has 2 amide bonds. The monoisotopic (exact) mass is 311 g/mol. The molecule has 21 heavy (non-hydrogen) atoms. The van der Waals surface area contributed by atoms with Gasteiger partial charge in [-0.3, -0.25) is 4.79 Å². The minimum atomic E-state index is -0.722. The van der Waals surface area contributed by atoms with Gasteiger partial charge in [0.25, 0.3) is 0 Å². The summed E-state index contributed by atoms with van der Waals surface area (Å²) in [5.74, 6) is -0.968. The predicted molar refractivity (Wildman–Crippen MR) is 80.4 cm³/mol. The third kappa shape index (κ3) is 5.34. The van der Waals surface area contributed by atoms with Gasteiger partial charge in [-0.1, -0.05) is 0 Å². The maximum Gasteiger partial charge on any atom is 0.315 e. The van der Waals surface area contributed by atoms with Gasteiger partial charge in [-0.25, -0.2) is 9.78 Å². The molecule has 1 heterocycles. The predicted octanol–water partition coefficient (Wildman–Crippen LogP) is 2.02. The normalized spacial score (nSPS) is 21.7. The first-order valence-corrected chi connectivity index (χ1v) is 8.18. The van der Waals surface area contributed by atoms with Gasteiger partial charge in [0.05, 0.1) is 10.9 Å². The molecule has 1 aromatic heterocycles. The highest BCUT2D eigenvalue weighted by atomic mass is 32.1. The molecule has 3 N–H and O–H groups in total. The SMILES string of the molecule is O=C(NCCCc1nccs1)NC1CCC(C(=O)O)CC1. The Balaban J connectivity index is 1.56. The van der Waals surface area contributed by atoms with Crippen LogP contribution < -0.4 is 10.6 Å². The number of aromatic nitrogens is 1. The molecule has 1 aliphatic rings. The Kier molecular flexibility index (Phi) is 5.98. The highest BCUT2D eigenvalue weighted by molar-refractivity contribution is 7.09. The number of carboxylic acid groups (broad SMARTS) is 1. The van der Waals surface area contributed by atoms with E-state index in [2.05, 4.69) is 15.6 Å². The average molecular weight is 311 g/mol. The smallest absolute Gasteiger partial charge is 0.315 e. The second-order valence-electron chi connectivity index (χ2n) is 5.32. The number of aryl methyl sites for hydroxylation is 1. The number of aliphatic carboxylic acids is 1. The molecule has 0 spiro atoms. The Morgan fingerprint density at radius 2 is 2.10 bits per heavy atom. The van der Waals surface area contributed by atoms with Crippen molar-refractivity contribution < 1.29 is 14.7 Å². The minimum Gasteiger partial charge on any atom is -0.481 e. The lowest BCUT2D eigenvalue weighted by molar-refractivity contribution is -0.142. The molecule has 6 nitrogen and oxygen atoms in total. The number of thiazole rings is 1. The highest BCUT2D eigenvalue weighted by Crippen LogP contribution is 2.24. The zero-order valence-corrected chi connectivity index (χ0v) is 12.7. The van der Waals surface area contributed by atoms with Crippen LogP contribution in [0.4, 0.5) is 4.79 Å². The van der Waals surface area contributed by atoms with Crippen LogP contribution in [0.5, 0.6) is 0 Å². The van der Waals surface area contributed by atoms with Crippen LogP contribution in [0, 0.1) is 5.92 Å². The van der Waals surface area contributed by atoms with Crippen LogP contribution in [0.2, 0.25) is 0 Å².